The van der Waals surface area contributed by atoms with Crippen molar-refractivity contribution >= 4 is 59.2 Å². The molecule has 0 aliphatic heterocycles. The number of aliphatic carboxylic acids is 1. The second-order valence-corrected chi connectivity index (χ2v) is 14.3. The number of nitrogens with one attached hydrogen (secondary N) is 8. The molecule has 0 radical (unpaired) electrons. The molecule has 16 N–H and O–H groups in total. The quantitative estimate of drug-likeness (QED) is 0.0200. The number of amides is 8. The molecule has 0 aromatic carbocycles. The Bertz CT molecular complexity index is 1440. The molecular weight excluding hydrogens is 764 g/mol. The van der Waals surface area contributed by atoms with Crippen LogP contribution >= 0.6 is 0 Å². The molecule has 58 heavy (non-hydrogen) atoms. The maximum Gasteiger partial charge on any atom is 0.305 e. The van der Waals surface area contributed by atoms with Crippen molar-refractivity contribution in [1.29, 1.82) is 0 Å². The Labute approximate surface area is 338 Å². The first-order valence-corrected chi connectivity index (χ1v) is 19.1. The molecule has 8 amide bonds. The molecule has 6 atom stereocenters. The summed E-state index contributed by atoms with van der Waals surface area (Å²) in [5, 5.41) is 38.4. The highest BCUT2D eigenvalue weighted by Gasteiger charge is 2.32. The van der Waals surface area contributed by atoms with Crippen LogP contribution in [0.2, 0.25) is 0 Å². The molecule has 0 aliphatic carbocycles. The Morgan fingerprint density at radius 2 is 1.17 bits per heavy atom. The predicted molar refractivity (Wildman–Crippen MR) is 211 cm³/mol. The highest BCUT2D eigenvalue weighted by Crippen LogP contribution is 2.07. The molecular formula is C35H64N12O11. The number of nitrogens with zero attached hydrogens (tertiary/aromatic N) is 1. The van der Waals surface area contributed by atoms with Crippen molar-refractivity contribution in [3.8, 4) is 0 Å². The number of carboxylic acids is 1. The number of aliphatic hydroxyl groups excluding tert-OH is 1. The first kappa shape index (κ1) is 52.4. The molecule has 0 fully saturated rings. The number of nitrogens with two attached hydrogens (primary N) is 3. The van der Waals surface area contributed by atoms with Crippen LogP contribution in [-0.4, -0.2) is 138 Å². The summed E-state index contributed by atoms with van der Waals surface area (Å²) in [7, 11) is 0. The Hall–Kier alpha value is -5.58. The maximum atomic E-state index is 13.2. The van der Waals surface area contributed by atoms with Gasteiger partial charge >= 0.3 is 5.97 Å². The Morgan fingerprint density at radius 3 is 1.69 bits per heavy atom. The van der Waals surface area contributed by atoms with Crippen molar-refractivity contribution in [3.05, 3.63) is 0 Å². The number of carbonyl (C=O) groups is 9. The molecule has 0 saturated carbocycles. The van der Waals surface area contributed by atoms with Crippen LogP contribution in [0.4, 0.5) is 0 Å². The molecule has 0 unspecified atom stereocenters. The van der Waals surface area contributed by atoms with Crippen LogP contribution in [0.1, 0.15) is 80.1 Å². The number of carboxylic acid groups (broad SMARTS) is 1. The van der Waals surface area contributed by atoms with Gasteiger partial charge in [0.25, 0.3) is 0 Å². The first-order valence-electron chi connectivity index (χ1n) is 19.1. The van der Waals surface area contributed by atoms with E-state index in [0.29, 0.717) is 6.54 Å². The minimum Gasteiger partial charge on any atom is -0.481 e. The van der Waals surface area contributed by atoms with E-state index in [0.717, 1.165) is 12.8 Å². The average molecular weight is 829 g/mol. The van der Waals surface area contributed by atoms with E-state index < -0.39 is 116 Å². The average Bonchev–Trinajstić information content (AvgIpc) is 3.14. The topological polar surface area (TPSA) is 381 Å². The van der Waals surface area contributed by atoms with Crippen LogP contribution in [0, 0.1) is 11.8 Å². The van der Waals surface area contributed by atoms with Crippen LogP contribution in [-0.2, 0) is 43.2 Å². The van der Waals surface area contributed by atoms with Gasteiger partial charge in [-0.2, -0.15) is 0 Å². The van der Waals surface area contributed by atoms with Gasteiger partial charge in [0.2, 0.25) is 47.3 Å². The van der Waals surface area contributed by atoms with E-state index in [4.69, 9.17) is 17.2 Å². The summed E-state index contributed by atoms with van der Waals surface area (Å²) in [6, 6.07) is -7.77. The fourth-order valence-electron chi connectivity index (χ4n) is 4.89. The van der Waals surface area contributed by atoms with E-state index in [9.17, 15) is 53.4 Å². The second kappa shape index (κ2) is 27.9. The summed E-state index contributed by atoms with van der Waals surface area (Å²) >= 11 is 0. The molecule has 0 spiro atoms. The van der Waals surface area contributed by atoms with Gasteiger partial charge in [0.15, 0.2) is 5.96 Å². The third-order valence-corrected chi connectivity index (χ3v) is 8.23. The number of guanidine groups is 1. The van der Waals surface area contributed by atoms with Gasteiger partial charge in [-0.1, -0.05) is 41.0 Å². The fourth-order valence-corrected chi connectivity index (χ4v) is 4.89. The maximum absolute atomic E-state index is 13.2. The number of unbranched alkanes of at least 4 members (excludes halogenated alkanes) is 1. The lowest BCUT2D eigenvalue weighted by Gasteiger charge is -2.25. The van der Waals surface area contributed by atoms with Crippen LogP contribution in [0.3, 0.4) is 0 Å². The number of hydrogen-bond donors (Lipinski definition) is 13. The zero-order chi connectivity index (χ0) is 44.5. The van der Waals surface area contributed by atoms with Crippen LogP contribution < -0.4 is 59.7 Å². The molecule has 330 valence electrons. The van der Waals surface area contributed by atoms with Gasteiger partial charge < -0.3 is 69.9 Å². The number of carbonyl (C=O) groups excluding carboxylic acids is 8. The molecule has 0 rings (SSSR count). The zero-order valence-corrected chi connectivity index (χ0v) is 34.1. The van der Waals surface area contributed by atoms with Crippen molar-refractivity contribution < 1.29 is 53.4 Å². The first-order chi connectivity index (χ1) is 27.1. The third kappa shape index (κ3) is 22.2. The number of rotatable bonds is 28. The lowest BCUT2D eigenvalue weighted by molar-refractivity contribution is -0.141. The van der Waals surface area contributed by atoms with E-state index in [1.165, 1.54) is 6.92 Å². The fraction of sp³-hybridized carbons (Fsp3) is 0.714. The lowest BCUT2D eigenvalue weighted by Crippen LogP contribution is -2.59. The van der Waals surface area contributed by atoms with Gasteiger partial charge in [-0.3, -0.25) is 48.1 Å². The molecule has 23 heteroatoms. The van der Waals surface area contributed by atoms with Gasteiger partial charge in [-0.25, -0.2) is 0 Å². The molecule has 0 heterocycles. The Kier molecular flexibility index (Phi) is 25.2. The molecule has 23 nitrogen and oxygen atoms in total. The highest BCUT2D eigenvalue weighted by atomic mass is 16.4. The van der Waals surface area contributed by atoms with E-state index in [1.54, 1.807) is 27.7 Å². The number of aliphatic hydroxyl groups is 1. The summed E-state index contributed by atoms with van der Waals surface area (Å²) in [5.74, 6) is -8.65. The van der Waals surface area contributed by atoms with E-state index in [2.05, 4.69) is 47.5 Å². The second-order valence-electron chi connectivity index (χ2n) is 14.3. The van der Waals surface area contributed by atoms with Crippen molar-refractivity contribution in [2.24, 2.45) is 34.0 Å². The number of aliphatic imine (C=N–C) groups is 1. The summed E-state index contributed by atoms with van der Waals surface area (Å²) < 4.78 is 0. The molecule has 0 aromatic heterocycles. The summed E-state index contributed by atoms with van der Waals surface area (Å²) in [4.78, 5) is 118. The normalized spacial score (nSPS) is 14.0. The van der Waals surface area contributed by atoms with E-state index in [-0.39, 0.29) is 43.6 Å². The molecule has 0 bridgehead atoms. The van der Waals surface area contributed by atoms with E-state index >= 15 is 0 Å². The van der Waals surface area contributed by atoms with Crippen LogP contribution in [0.15, 0.2) is 4.99 Å². The molecule has 0 saturated heterocycles. The van der Waals surface area contributed by atoms with Crippen molar-refractivity contribution in [3.63, 3.8) is 0 Å². The summed E-state index contributed by atoms with van der Waals surface area (Å²) in [5.41, 5.74) is 16.4. The standard InChI is InChI=1S/C35H64N12O11/c1-7-8-11-39-29(53)20(6)43-31(55)22(13-18(2)3)46-33(57)24(17-48)47-32(56)23(14-27(51)52)45-26(50)15-41-30(54)21(10-9-12-40-35(37)38)44-25(49)16-42-34(58)28(36)19(4)5/h18-24,28,48H,7-17,36H2,1-6H3,(H,39,53)(H,41,54)(H,42,58)(H,43,55)(H,44,49)(H,45,50)(H,46,57)(H,47,56)(H,51,52)(H4,37,38,40)/t20-,21-,22-,23-,24-,28-/m0/s1. The SMILES string of the molecule is CCCCNC(=O)[C@H](C)NC(=O)[C@H](CC(C)C)NC(=O)[C@H](CO)NC(=O)[C@H](CC(=O)O)NC(=O)CNC(=O)[C@H](CCCN=C(N)N)NC(=O)CNC(=O)[C@@H](N)C(C)C. The van der Waals surface area contributed by atoms with Gasteiger partial charge in [0.1, 0.15) is 30.2 Å². The minimum atomic E-state index is -1.80. The monoisotopic (exact) mass is 828 g/mol. The zero-order valence-electron chi connectivity index (χ0n) is 34.1. The van der Waals surface area contributed by atoms with Crippen molar-refractivity contribution in [1.82, 2.24) is 42.5 Å². The third-order valence-electron chi connectivity index (χ3n) is 8.23. The van der Waals surface area contributed by atoms with E-state index in [1.807, 2.05) is 6.92 Å². The van der Waals surface area contributed by atoms with Gasteiger partial charge in [-0.05, 0) is 44.4 Å². The number of hydrogen-bond acceptors (Lipinski definition) is 12. The molecule has 0 aromatic rings. The van der Waals surface area contributed by atoms with Crippen LogP contribution in [0.5, 0.6) is 0 Å². The van der Waals surface area contributed by atoms with Gasteiger partial charge in [0.05, 0.1) is 32.2 Å². The Balaban J connectivity index is 5.68. The molecule has 0 aliphatic rings. The van der Waals surface area contributed by atoms with Crippen molar-refractivity contribution in [2.75, 3.05) is 32.8 Å². The van der Waals surface area contributed by atoms with Crippen LogP contribution in [0.25, 0.3) is 0 Å². The highest BCUT2D eigenvalue weighted by molar-refractivity contribution is 5.97. The Morgan fingerprint density at radius 1 is 0.638 bits per heavy atom. The predicted octanol–water partition coefficient (Wildman–Crippen LogP) is -4.87. The largest absolute Gasteiger partial charge is 0.481 e. The smallest absolute Gasteiger partial charge is 0.305 e. The minimum absolute atomic E-state index is 0.0167. The summed E-state index contributed by atoms with van der Waals surface area (Å²) in [6.07, 6.45) is 0.911. The van der Waals surface area contributed by atoms with Gasteiger partial charge in [0, 0.05) is 13.1 Å². The van der Waals surface area contributed by atoms with Gasteiger partial charge in [-0.15, -0.1) is 0 Å². The summed E-state index contributed by atoms with van der Waals surface area (Å²) in [6.45, 7) is 8.60. The lowest BCUT2D eigenvalue weighted by atomic mass is 10.0. The van der Waals surface area contributed by atoms with Crippen molar-refractivity contribution in [2.45, 2.75) is 116 Å².